The van der Waals surface area contributed by atoms with Crippen LogP contribution in [-0.4, -0.2) is 51.2 Å². The molecule has 12 heavy (non-hydrogen) atoms. The fourth-order valence-electron chi connectivity index (χ4n) is 0.761. The molecule has 72 valence electrons. The minimum absolute atomic E-state index is 0.0423. The van der Waals surface area contributed by atoms with Crippen molar-refractivity contribution in [2.24, 2.45) is 0 Å². The summed E-state index contributed by atoms with van der Waals surface area (Å²) < 4.78 is 19.9. The highest BCUT2D eigenvalue weighted by molar-refractivity contribution is 4.64. The predicted molar refractivity (Wildman–Crippen MR) is 39.5 cm³/mol. The molecule has 0 aromatic carbocycles. The SMILES string of the molecule is COC1OC1OCCOCCO. The van der Waals surface area contributed by atoms with Gasteiger partial charge in [0.25, 0.3) is 0 Å². The van der Waals surface area contributed by atoms with E-state index in [0.717, 1.165) is 0 Å². The van der Waals surface area contributed by atoms with E-state index >= 15 is 0 Å². The molecule has 0 saturated carbocycles. The zero-order valence-corrected chi connectivity index (χ0v) is 7.06. The molecule has 2 atom stereocenters. The van der Waals surface area contributed by atoms with Crippen molar-refractivity contribution in [1.82, 2.24) is 0 Å². The average Bonchev–Trinajstić information content (AvgIpc) is 2.83. The molecule has 0 aliphatic carbocycles. The fraction of sp³-hybridized carbons (Fsp3) is 1.00. The molecule has 2 unspecified atom stereocenters. The second-order valence-corrected chi connectivity index (χ2v) is 2.32. The molecule has 1 aliphatic rings. The normalized spacial score (nSPS) is 27.5. The Morgan fingerprint density at radius 3 is 2.67 bits per heavy atom. The highest BCUT2D eigenvalue weighted by atomic mass is 16.9. The van der Waals surface area contributed by atoms with Gasteiger partial charge in [-0.1, -0.05) is 0 Å². The van der Waals surface area contributed by atoms with Crippen LogP contribution in [0.3, 0.4) is 0 Å². The van der Waals surface area contributed by atoms with Gasteiger partial charge in [-0.05, 0) is 0 Å². The standard InChI is InChI=1S/C7H14O5/c1-9-6-7(12-6)11-5-4-10-3-2-8/h6-8H,2-5H2,1H3. The molecule has 0 amide bonds. The van der Waals surface area contributed by atoms with Gasteiger partial charge in [-0.2, -0.15) is 0 Å². The number of methoxy groups -OCH3 is 1. The maximum Gasteiger partial charge on any atom is 0.212 e. The van der Waals surface area contributed by atoms with Crippen LogP contribution in [-0.2, 0) is 18.9 Å². The van der Waals surface area contributed by atoms with Gasteiger partial charge in [0.15, 0.2) is 0 Å². The number of hydrogen-bond donors (Lipinski definition) is 1. The fourth-order valence-corrected chi connectivity index (χ4v) is 0.761. The number of aliphatic hydroxyl groups excluding tert-OH is 1. The molecule has 1 fully saturated rings. The summed E-state index contributed by atoms with van der Waals surface area (Å²) in [7, 11) is 1.57. The number of rotatable bonds is 7. The zero-order valence-electron chi connectivity index (χ0n) is 7.06. The number of epoxide rings is 1. The largest absolute Gasteiger partial charge is 0.394 e. The number of aliphatic hydroxyl groups is 1. The van der Waals surface area contributed by atoms with Gasteiger partial charge < -0.3 is 24.1 Å². The Bertz CT molecular complexity index is 118. The van der Waals surface area contributed by atoms with Crippen molar-refractivity contribution in [3.8, 4) is 0 Å². The smallest absolute Gasteiger partial charge is 0.212 e. The van der Waals surface area contributed by atoms with Crippen molar-refractivity contribution in [3.63, 3.8) is 0 Å². The summed E-state index contributed by atoms with van der Waals surface area (Å²) in [4.78, 5) is 0. The van der Waals surface area contributed by atoms with Crippen LogP contribution in [0.5, 0.6) is 0 Å². The van der Waals surface area contributed by atoms with Gasteiger partial charge in [-0.3, -0.25) is 0 Å². The van der Waals surface area contributed by atoms with Gasteiger partial charge in [0.2, 0.25) is 12.6 Å². The van der Waals surface area contributed by atoms with E-state index in [2.05, 4.69) is 0 Å². The lowest BCUT2D eigenvalue weighted by molar-refractivity contribution is -0.00319. The first-order valence-electron chi connectivity index (χ1n) is 3.87. The average molecular weight is 178 g/mol. The Morgan fingerprint density at radius 1 is 1.25 bits per heavy atom. The Hall–Kier alpha value is -0.200. The molecule has 1 saturated heterocycles. The third-order valence-corrected chi connectivity index (χ3v) is 1.39. The summed E-state index contributed by atoms with van der Waals surface area (Å²) in [5.41, 5.74) is 0. The van der Waals surface area contributed by atoms with E-state index in [1.807, 2.05) is 0 Å². The van der Waals surface area contributed by atoms with Crippen LogP contribution in [0.4, 0.5) is 0 Å². The molecule has 1 aliphatic heterocycles. The van der Waals surface area contributed by atoms with Crippen LogP contribution in [0.25, 0.3) is 0 Å². The van der Waals surface area contributed by atoms with E-state index in [4.69, 9.17) is 24.1 Å². The third-order valence-electron chi connectivity index (χ3n) is 1.39. The van der Waals surface area contributed by atoms with Crippen LogP contribution in [0.2, 0.25) is 0 Å². The van der Waals surface area contributed by atoms with E-state index in [-0.39, 0.29) is 19.2 Å². The number of hydrogen-bond acceptors (Lipinski definition) is 5. The van der Waals surface area contributed by atoms with Crippen LogP contribution in [0.15, 0.2) is 0 Å². The highest BCUT2D eigenvalue weighted by Crippen LogP contribution is 2.22. The summed E-state index contributed by atoms with van der Waals surface area (Å²) in [5, 5.41) is 8.36. The Kier molecular flexibility index (Phi) is 4.49. The lowest BCUT2D eigenvalue weighted by Crippen LogP contribution is -2.10. The van der Waals surface area contributed by atoms with Gasteiger partial charge in [0.05, 0.1) is 26.4 Å². The maximum atomic E-state index is 8.36. The molecule has 1 rings (SSSR count). The van der Waals surface area contributed by atoms with Crippen LogP contribution < -0.4 is 0 Å². The summed E-state index contributed by atoms with van der Waals surface area (Å²) in [5.74, 6) is 0. The van der Waals surface area contributed by atoms with Gasteiger partial charge in [0, 0.05) is 7.11 Å². The van der Waals surface area contributed by atoms with E-state index in [1.165, 1.54) is 0 Å². The Balaban J connectivity index is 1.78. The van der Waals surface area contributed by atoms with Crippen molar-refractivity contribution < 1.29 is 24.1 Å². The van der Waals surface area contributed by atoms with Crippen LogP contribution >= 0.6 is 0 Å². The molecular weight excluding hydrogens is 164 g/mol. The number of ether oxygens (including phenoxy) is 4. The lowest BCUT2D eigenvalue weighted by Gasteiger charge is -2.00. The van der Waals surface area contributed by atoms with Crippen molar-refractivity contribution >= 4 is 0 Å². The van der Waals surface area contributed by atoms with E-state index in [0.29, 0.717) is 19.8 Å². The molecule has 5 heteroatoms. The Labute approximate surface area is 71.2 Å². The van der Waals surface area contributed by atoms with Crippen LogP contribution in [0, 0.1) is 0 Å². The molecule has 0 spiro atoms. The van der Waals surface area contributed by atoms with E-state index < -0.39 is 0 Å². The molecule has 0 aromatic rings. The third kappa shape index (κ3) is 3.46. The molecule has 1 N–H and O–H groups in total. The summed E-state index contributed by atoms with van der Waals surface area (Å²) in [6, 6.07) is 0. The second-order valence-electron chi connectivity index (χ2n) is 2.32. The van der Waals surface area contributed by atoms with Crippen molar-refractivity contribution in [2.75, 3.05) is 33.5 Å². The second kappa shape index (κ2) is 5.45. The first-order chi connectivity index (χ1) is 5.88. The van der Waals surface area contributed by atoms with Gasteiger partial charge in [-0.15, -0.1) is 0 Å². The Morgan fingerprint density at radius 2 is 2.08 bits per heavy atom. The minimum atomic E-state index is -0.229. The molecule has 0 bridgehead atoms. The summed E-state index contributed by atoms with van der Waals surface area (Å²) in [6.45, 7) is 1.32. The molecule has 0 aromatic heterocycles. The monoisotopic (exact) mass is 178 g/mol. The molecule has 1 heterocycles. The van der Waals surface area contributed by atoms with Crippen molar-refractivity contribution in [2.45, 2.75) is 12.6 Å². The highest BCUT2D eigenvalue weighted by Gasteiger charge is 2.40. The van der Waals surface area contributed by atoms with E-state index in [9.17, 15) is 0 Å². The molecule has 0 radical (unpaired) electrons. The zero-order chi connectivity index (χ0) is 8.81. The van der Waals surface area contributed by atoms with Gasteiger partial charge in [0.1, 0.15) is 0 Å². The first-order valence-corrected chi connectivity index (χ1v) is 3.87. The lowest BCUT2D eigenvalue weighted by atomic mass is 10.7. The predicted octanol–water partition coefficient (Wildman–Crippen LogP) is -0.659. The van der Waals surface area contributed by atoms with Crippen LogP contribution in [0.1, 0.15) is 0 Å². The van der Waals surface area contributed by atoms with Gasteiger partial charge in [-0.25, -0.2) is 0 Å². The minimum Gasteiger partial charge on any atom is -0.394 e. The topological polar surface area (TPSA) is 60.5 Å². The van der Waals surface area contributed by atoms with Crippen molar-refractivity contribution in [1.29, 1.82) is 0 Å². The maximum absolute atomic E-state index is 8.36. The molecular formula is C7H14O5. The van der Waals surface area contributed by atoms with Gasteiger partial charge >= 0.3 is 0 Å². The van der Waals surface area contributed by atoms with Crippen molar-refractivity contribution in [3.05, 3.63) is 0 Å². The quantitative estimate of drug-likeness (QED) is 0.414. The summed E-state index contributed by atoms with van der Waals surface area (Å²) >= 11 is 0. The molecule has 5 nitrogen and oxygen atoms in total. The first kappa shape index (κ1) is 9.88. The van der Waals surface area contributed by atoms with E-state index in [1.54, 1.807) is 7.11 Å². The summed E-state index contributed by atoms with van der Waals surface area (Å²) in [6.07, 6.45) is -0.435.